The number of ether oxygens (including phenoxy) is 1. The standard InChI is InChI=1S/C5H6N2O2S/c1-9-5-7-4(2-10-5)6-3-8/h2-3H,1H3,(H,6,8). The first kappa shape index (κ1) is 7.01. The summed E-state index contributed by atoms with van der Waals surface area (Å²) in [4.78, 5) is 13.8. The average molecular weight is 158 g/mol. The van der Waals surface area contributed by atoms with Gasteiger partial charge >= 0.3 is 0 Å². The largest absolute Gasteiger partial charge is 0.473 e. The van der Waals surface area contributed by atoms with Crippen LogP contribution in [0.25, 0.3) is 0 Å². The molecule has 0 fully saturated rings. The van der Waals surface area contributed by atoms with Crippen LogP contribution in [0.1, 0.15) is 0 Å². The highest BCUT2D eigenvalue weighted by Gasteiger charge is 1.97. The third kappa shape index (κ3) is 1.44. The summed E-state index contributed by atoms with van der Waals surface area (Å²) in [6.07, 6.45) is 0.578. The molecule has 0 bridgehead atoms. The summed E-state index contributed by atoms with van der Waals surface area (Å²) in [5.41, 5.74) is 0. The van der Waals surface area contributed by atoms with Crippen LogP contribution >= 0.6 is 11.3 Å². The first-order valence-corrected chi connectivity index (χ1v) is 3.44. The van der Waals surface area contributed by atoms with Crippen LogP contribution in [0.4, 0.5) is 5.82 Å². The zero-order chi connectivity index (χ0) is 7.40. The van der Waals surface area contributed by atoms with E-state index in [1.807, 2.05) is 0 Å². The SMILES string of the molecule is COc1nc(NC=O)cs1. The minimum atomic E-state index is 0.525. The van der Waals surface area contributed by atoms with E-state index in [0.29, 0.717) is 17.4 Å². The molecule has 0 radical (unpaired) electrons. The molecule has 10 heavy (non-hydrogen) atoms. The Bertz CT molecular complexity index is 223. The van der Waals surface area contributed by atoms with Crippen LogP contribution in [0.5, 0.6) is 5.19 Å². The smallest absolute Gasteiger partial charge is 0.274 e. The van der Waals surface area contributed by atoms with Gasteiger partial charge in [0.2, 0.25) is 6.41 Å². The highest BCUT2D eigenvalue weighted by atomic mass is 32.1. The summed E-state index contributed by atoms with van der Waals surface area (Å²) in [5.74, 6) is 0.525. The lowest BCUT2D eigenvalue weighted by atomic mass is 10.8. The number of nitrogens with one attached hydrogen (secondary N) is 1. The number of carbonyl (C=O) groups is 1. The fourth-order valence-corrected chi connectivity index (χ4v) is 1.06. The second-order valence-corrected chi connectivity index (χ2v) is 2.29. The Hall–Kier alpha value is -1.10. The fraction of sp³-hybridized carbons (Fsp3) is 0.200. The molecule has 1 heterocycles. The number of methoxy groups -OCH3 is 1. The Morgan fingerprint density at radius 3 is 3.20 bits per heavy atom. The maximum atomic E-state index is 9.88. The molecule has 0 saturated carbocycles. The molecule has 0 spiro atoms. The van der Waals surface area contributed by atoms with E-state index in [2.05, 4.69) is 10.3 Å². The van der Waals surface area contributed by atoms with Gasteiger partial charge in [0.25, 0.3) is 5.19 Å². The molecule has 0 aliphatic rings. The van der Waals surface area contributed by atoms with E-state index >= 15 is 0 Å². The van der Waals surface area contributed by atoms with Gasteiger partial charge in [0.15, 0.2) is 0 Å². The van der Waals surface area contributed by atoms with E-state index in [4.69, 9.17) is 4.74 Å². The molecule has 5 heteroatoms. The highest BCUT2D eigenvalue weighted by molar-refractivity contribution is 7.11. The van der Waals surface area contributed by atoms with E-state index in [1.54, 1.807) is 5.38 Å². The average Bonchev–Trinajstić information content (AvgIpc) is 2.37. The predicted molar refractivity (Wildman–Crippen MR) is 38.4 cm³/mol. The quantitative estimate of drug-likeness (QED) is 0.659. The van der Waals surface area contributed by atoms with Crippen molar-refractivity contribution >= 4 is 23.6 Å². The molecule has 4 nitrogen and oxygen atoms in total. The first-order chi connectivity index (χ1) is 4.86. The lowest BCUT2D eigenvalue weighted by molar-refractivity contribution is -0.105. The van der Waals surface area contributed by atoms with Crippen LogP contribution in [0.3, 0.4) is 0 Å². The molecule has 0 unspecified atom stereocenters. The van der Waals surface area contributed by atoms with Crippen molar-refractivity contribution in [1.29, 1.82) is 0 Å². The third-order valence-electron chi connectivity index (χ3n) is 0.865. The second kappa shape index (κ2) is 3.17. The van der Waals surface area contributed by atoms with Gasteiger partial charge < -0.3 is 10.1 Å². The van der Waals surface area contributed by atoms with Crippen molar-refractivity contribution in [1.82, 2.24) is 4.98 Å². The van der Waals surface area contributed by atoms with Gasteiger partial charge in [0, 0.05) is 5.38 Å². The van der Waals surface area contributed by atoms with Crippen molar-refractivity contribution in [2.24, 2.45) is 0 Å². The molecule has 0 atom stereocenters. The number of rotatable bonds is 3. The van der Waals surface area contributed by atoms with E-state index in [9.17, 15) is 4.79 Å². The number of hydrogen-bond acceptors (Lipinski definition) is 4. The zero-order valence-corrected chi connectivity index (χ0v) is 6.14. The molecule has 1 rings (SSSR count). The van der Waals surface area contributed by atoms with Gasteiger partial charge in [0.05, 0.1) is 7.11 Å². The Labute approximate surface area is 61.8 Å². The van der Waals surface area contributed by atoms with Gasteiger partial charge in [-0.25, -0.2) is 0 Å². The van der Waals surface area contributed by atoms with Gasteiger partial charge in [0.1, 0.15) is 5.82 Å². The lowest BCUT2D eigenvalue weighted by Crippen LogP contribution is -1.93. The summed E-state index contributed by atoms with van der Waals surface area (Å²) in [6.45, 7) is 0. The molecule has 0 saturated heterocycles. The molecule has 0 aliphatic heterocycles. The topological polar surface area (TPSA) is 51.2 Å². The van der Waals surface area contributed by atoms with Crippen LogP contribution in [0, 0.1) is 0 Å². The molecule has 1 N–H and O–H groups in total. The Morgan fingerprint density at radius 1 is 1.90 bits per heavy atom. The van der Waals surface area contributed by atoms with E-state index in [0.717, 1.165) is 0 Å². The zero-order valence-electron chi connectivity index (χ0n) is 5.33. The van der Waals surface area contributed by atoms with Gasteiger partial charge in [-0.1, -0.05) is 11.3 Å². The van der Waals surface area contributed by atoms with Crippen molar-refractivity contribution in [3.05, 3.63) is 5.38 Å². The molecule has 1 aromatic heterocycles. The first-order valence-electron chi connectivity index (χ1n) is 2.56. The van der Waals surface area contributed by atoms with Gasteiger partial charge in [-0.15, -0.1) is 0 Å². The normalized spacial score (nSPS) is 8.90. The number of amides is 1. The third-order valence-corrected chi connectivity index (χ3v) is 1.67. The lowest BCUT2D eigenvalue weighted by Gasteiger charge is -1.88. The van der Waals surface area contributed by atoms with Crippen LogP contribution in [-0.4, -0.2) is 18.5 Å². The van der Waals surface area contributed by atoms with Crippen LogP contribution in [0.15, 0.2) is 5.38 Å². The molecule has 1 aromatic rings. The van der Waals surface area contributed by atoms with E-state index in [1.165, 1.54) is 18.4 Å². The van der Waals surface area contributed by atoms with Crippen molar-refractivity contribution in [3.63, 3.8) is 0 Å². The molecule has 0 aromatic carbocycles. The second-order valence-electron chi connectivity index (χ2n) is 1.46. The van der Waals surface area contributed by atoms with Gasteiger partial charge in [-0.2, -0.15) is 4.98 Å². The Kier molecular flexibility index (Phi) is 2.22. The molecular formula is C5H6N2O2S. The minimum Gasteiger partial charge on any atom is -0.473 e. The van der Waals surface area contributed by atoms with Gasteiger partial charge in [-0.05, 0) is 0 Å². The Morgan fingerprint density at radius 2 is 2.70 bits per heavy atom. The highest BCUT2D eigenvalue weighted by Crippen LogP contribution is 2.19. The molecule has 1 amide bonds. The Balaban J connectivity index is 2.67. The number of hydrogen-bond donors (Lipinski definition) is 1. The molecular weight excluding hydrogens is 152 g/mol. The summed E-state index contributed by atoms with van der Waals surface area (Å²) in [6, 6.07) is 0. The summed E-state index contributed by atoms with van der Waals surface area (Å²) < 4.78 is 4.79. The van der Waals surface area contributed by atoms with Crippen LogP contribution in [-0.2, 0) is 4.79 Å². The maximum Gasteiger partial charge on any atom is 0.274 e. The van der Waals surface area contributed by atoms with Crippen LogP contribution in [0.2, 0.25) is 0 Å². The predicted octanol–water partition coefficient (Wildman–Crippen LogP) is 0.720. The maximum absolute atomic E-state index is 9.88. The molecule has 0 aliphatic carbocycles. The number of carbonyl (C=O) groups excluding carboxylic acids is 1. The minimum absolute atomic E-state index is 0.525. The monoisotopic (exact) mass is 158 g/mol. The number of aromatic nitrogens is 1. The van der Waals surface area contributed by atoms with Crippen molar-refractivity contribution in [2.75, 3.05) is 12.4 Å². The van der Waals surface area contributed by atoms with Crippen molar-refractivity contribution in [3.8, 4) is 5.19 Å². The number of nitrogens with zero attached hydrogens (tertiary/aromatic N) is 1. The van der Waals surface area contributed by atoms with Crippen molar-refractivity contribution in [2.45, 2.75) is 0 Å². The summed E-state index contributed by atoms with van der Waals surface area (Å²) in [5, 5.41) is 4.65. The summed E-state index contributed by atoms with van der Waals surface area (Å²) in [7, 11) is 1.53. The van der Waals surface area contributed by atoms with E-state index in [-0.39, 0.29) is 0 Å². The number of thiazole rings is 1. The van der Waals surface area contributed by atoms with E-state index < -0.39 is 0 Å². The fourth-order valence-electron chi connectivity index (χ4n) is 0.478. The van der Waals surface area contributed by atoms with Crippen LogP contribution < -0.4 is 10.1 Å². The van der Waals surface area contributed by atoms with Crippen molar-refractivity contribution < 1.29 is 9.53 Å². The number of anilines is 1. The molecule has 54 valence electrons. The van der Waals surface area contributed by atoms with Gasteiger partial charge in [-0.3, -0.25) is 4.79 Å². The summed E-state index contributed by atoms with van der Waals surface area (Å²) >= 11 is 1.33.